The number of hydrogen-bond donors (Lipinski definition) is 1. The number of benzene rings is 1. The van der Waals surface area contributed by atoms with E-state index in [-0.39, 0.29) is 6.04 Å². The van der Waals surface area contributed by atoms with Gasteiger partial charge in [0, 0.05) is 11.1 Å². The van der Waals surface area contributed by atoms with Crippen molar-refractivity contribution in [1.29, 1.82) is 0 Å². The quantitative estimate of drug-likeness (QED) is 0.863. The van der Waals surface area contributed by atoms with Crippen LogP contribution in [0.15, 0.2) is 18.2 Å². The molecule has 1 aromatic rings. The fraction of sp³-hybridized carbons (Fsp3) is 0.647. The maximum Gasteiger partial charge on any atom is 0.123 e. The van der Waals surface area contributed by atoms with Crippen LogP contribution in [0.1, 0.15) is 51.5 Å². The van der Waals surface area contributed by atoms with Crippen LogP contribution in [0.2, 0.25) is 5.02 Å². The summed E-state index contributed by atoms with van der Waals surface area (Å²) in [5.41, 5.74) is 7.22. The zero-order valence-electron chi connectivity index (χ0n) is 12.6. The molecule has 1 aliphatic rings. The molecule has 0 aromatic heterocycles. The van der Waals surface area contributed by atoms with Crippen LogP contribution < -0.4 is 10.5 Å². The Labute approximate surface area is 127 Å². The maximum absolute atomic E-state index is 6.24. The van der Waals surface area contributed by atoms with Crippen molar-refractivity contribution in [2.75, 3.05) is 0 Å². The summed E-state index contributed by atoms with van der Waals surface area (Å²) in [7, 11) is 0. The summed E-state index contributed by atoms with van der Waals surface area (Å²) in [6.07, 6.45) is 7.04. The molecule has 20 heavy (non-hydrogen) atoms. The van der Waals surface area contributed by atoms with E-state index in [1.54, 1.807) is 0 Å². The highest BCUT2D eigenvalue weighted by Gasteiger charge is 2.21. The Balaban J connectivity index is 2.09. The van der Waals surface area contributed by atoms with Gasteiger partial charge in [0.05, 0.1) is 6.10 Å². The van der Waals surface area contributed by atoms with Crippen molar-refractivity contribution in [2.45, 2.75) is 64.5 Å². The number of rotatable bonds is 5. The second-order valence-corrected chi connectivity index (χ2v) is 6.57. The first-order chi connectivity index (χ1) is 9.58. The fourth-order valence-corrected chi connectivity index (χ4v) is 3.11. The minimum Gasteiger partial charge on any atom is -0.490 e. The Morgan fingerprint density at radius 3 is 2.90 bits per heavy atom. The molecule has 1 saturated carbocycles. The summed E-state index contributed by atoms with van der Waals surface area (Å²) in [6.45, 7) is 4.42. The number of nitrogens with two attached hydrogens (primary N) is 1. The van der Waals surface area contributed by atoms with Crippen molar-refractivity contribution in [1.82, 2.24) is 0 Å². The van der Waals surface area contributed by atoms with Gasteiger partial charge in [-0.15, -0.1) is 0 Å². The zero-order valence-corrected chi connectivity index (χ0v) is 13.3. The molecule has 0 radical (unpaired) electrons. The van der Waals surface area contributed by atoms with E-state index in [1.807, 2.05) is 18.2 Å². The standard InChI is InChI=1S/C17H26ClNO/c1-3-15(19)11-13-10-14(18)7-8-17(13)20-16-6-4-5-12(2)9-16/h7-8,10,12,15-16H,3-6,9,11,19H2,1-2H3. The van der Waals surface area contributed by atoms with E-state index in [0.717, 1.165) is 47.9 Å². The van der Waals surface area contributed by atoms with Crippen molar-refractivity contribution in [2.24, 2.45) is 11.7 Å². The third-order valence-corrected chi connectivity index (χ3v) is 4.45. The molecule has 2 nitrogen and oxygen atoms in total. The maximum atomic E-state index is 6.24. The highest BCUT2D eigenvalue weighted by molar-refractivity contribution is 6.30. The molecule has 0 aliphatic heterocycles. The van der Waals surface area contributed by atoms with Gasteiger partial charge >= 0.3 is 0 Å². The predicted molar refractivity (Wildman–Crippen MR) is 85.5 cm³/mol. The normalized spacial score (nSPS) is 24.4. The molecule has 3 unspecified atom stereocenters. The van der Waals surface area contributed by atoms with E-state index in [9.17, 15) is 0 Å². The molecular weight excluding hydrogens is 270 g/mol. The third-order valence-electron chi connectivity index (χ3n) is 4.21. The molecule has 0 saturated heterocycles. The van der Waals surface area contributed by atoms with E-state index in [4.69, 9.17) is 22.1 Å². The van der Waals surface area contributed by atoms with Gasteiger partial charge in [0.25, 0.3) is 0 Å². The van der Waals surface area contributed by atoms with E-state index < -0.39 is 0 Å². The Morgan fingerprint density at radius 2 is 2.20 bits per heavy atom. The lowest BCUT2D eigenvalue weighted by atomic mass is 9.88. The van der Waals surface area contributed by atoms with Crippen molar-refractivity contribution < 1.29 is 4.74 Å². The van der Waals surface area contributed by atoms with Crippen molar-refractivity contribution in [3.8, 4) is 5.75 Å². The molecule has 3 heteroatoms. The van der Waals surface area contributed by atoms with Crippen molar-refractivity contribution in [3.63, 3.8) is 0 Å². The van der Waals surface area contributed by atoms with Crippen LogP contribution in [0.4, 0.5) is 0 Å². The molecular formula is C17H26ClNO. The van der Waals surface area contributed by atoms with Gasteiger partial charge in [-0.2, -0.15) is 0 Å². The van der Waals surface area contributed by atoms with Gasteiger partial charge in [-0.1, -0.05) is 31.9 Å². The molecule has 2 rings (SSSR count). The van der Waals surface area contributed by atoms with Crippen molar-refractivity contribution in [3.05, 3.63) is 28.8 Å². The lowest BCUT2D eigenvalue weighted by Crippen LogP contribution is -2.26. The van der Waals surface area contributed by atoms with Crippen LogP contribution in [0.3, 0.4) is 0 Å². The van der Waals surface area contributed by atoms with Crippen molar-refractivity contribution >= 4 is 11.6 Å². The summed E-state index contributed by atoms with van der Waals surface area (Å²) in [5, 5.41) is 0.757. The van der Waals surface area contributed by atoms with Crippen LogP contribution in [-0.4, -0.2) is 12.1 Å². The predicted octanol–water partition coefficient (Wildman–Crippen LogP) is 4.58. The summed E-state index contributed by atoms with van der Waals surface area (Å²) in [4.78, 5) is 0. The zero-order chi connectivity index (χ0) is 14.5. The van der Waals surface area contributed by atoms with Gasteiger partial charge in [0.2, 0.25) is 0 Å². The molecule has 0 spiro atoms. The van der Waals surface area contributed by atoms with Crippen LogP contribution in [-0.2, 0) is 6.42 Å². The average molecular weight is 296 g/mol. The van der Waals surface area contributed by atoms with Gasteiger partial charge in [0.15, 0.2) is 0 Å². The molecule has 112 valence electrons. The minimum absolute atomic E-state index is 0.168. The highest BCUT2D eigenvalue weighted by atomic mass is 35.5. The van der Waals surface area contributed by atoms with E-state index >= 15 is 0 Å². The van der Waals surface area contributed by atoms with Crippen LogP contribution in [0.25, 0.3) is 0 Å². The second-order valence-electron chi connectivity index (χ2n) is 6.14. The second kappa shape index (κ2) is 7.33. The fourth-order valence-electron chi connectivity index (χ4n) is 2.91. The Bertz CT molecular complexity index is 435. The largest absolute Gasteiger partial charge is 0.490 e. The summed E-state index contributed by atoms with van der Waals surface area (Å²) >= 11 is 6.11. The van der Waals surface area contributed by atoms with Gasteiger partial charge in [-0.05, 0) is 61.8 Å². The molecule has 0 amide bonds. The van der Waals surface area contributed by atoms with Crippen LogP contribution >= 0.6 is 11.6 Å². The first kappa shape index (κ1) is 15.7. The van der Waals surface area contributed by atoms with E-state index in [1.165, 1.54) is 12.8 Å². The number of hydrogen-bond acceptors (Lipinski definition) is 2. The lowest BCUT2D eigenvalue weighted by Gasteiger charge is -2.28. The monoisotopic (exact) mass is 295 g/mol. The van der Waals surface area contributed by atoms with E-state index in [0.29, 0.717) is 6.10 Å². The molecule has 2 N–H and O–H groups in total. The van der Waals surface area contributed by atoms with Crippen LogP contribution in [0, 0.1) is 5.92 Å². The number of halogens is 1. The minimum atomic E-state index is 0.168. The molecule has 1 aliphatic carbocycles. The highest BCUT2D eigenvalue weighted by Crippen LogP contribution is 2.30. The Morgan fingerprint density at radius 1 is 1.40 bits per heavy atom. The lowest BCUT2D eigenvalue weighted by molar-refractivity contribution is 0.128. The third kappa shape index (κ3) is 4.39. The van der Waals surface area contributed by atoms with Crippen LogP contribution in [0.5, 0.6) is 5.75 Å². The molecule has 1 aromatic carbocycles. The van der Waals surface area contributed by atoms with E-state index in [2.05, 4.69) is 13.8 Å². The van der Waals surface area contributed by atoms with Gasteiger partial charge in [-0.3, -0.25) is 0 Å². The van der Waals surface area contributed by atoms with Gasteiger partial charge < -0.3 is 10.5 Å². The summed E-state index contributed by atoms with van der Waals surface area (Å²) in [6, 6.07) is 6.07. The topological polar surface area (TPSA) is 35.2 Å². The summed E-state index contributed by atoms with van der Waals surface area (Å²) in [5.74, 6) is 1.74. The molecule has 3 atom stereocenters. The SMILES string of the molecule is CCC(N)Cc1cc(Cl)ccc1OC1CCCC(C)C1. The van der Waals surface area contributed by atoms with Gasteiger partial charge in [-0.25, -0.2) is 0 Å². The molecule has 1 fully saturated rings. The number of ether oxygens (including phenoxy) is 1. The molecule has 0 heterocycles. The Kier molecular flexibility index (Phi) is 5.74. The molecule has 0 bridgehead atoms. The first-order valence-corrected chi connectivity index (χ1v) is 8.17. The van der Waals surface area contributed by atoms with Gasteiger partial charge in [0.1, 0.15) is 5.75 Å². The summed E-state index contributed by atoms with van der Waals surface area (Å²) < 4.78 is 6.24. The smallest absolute Gasteiger partial charge is 0.123 e. The average Bonchev–Trinajstić information content (AvgIpc) is 2.42. The first-order valence-electron chi connectivity index (χ1n) is 7.79. The Hall–Kier alpha value is -0.730.